The zero-order valence-corrected chi connectivity index (χ0v) is 11.4. The first-order valence-electron chi connectivity index (χ1n) is 6.78. The van der Waals surface area contributed by atoms with Crippen LogP contribution in [0.15, 0.2) is 36.4 Å². The van der Waals surface area contributed by atoms with Crippen molar-refractivity contribution in [3.8, 4) is 0 Å². The quantitative estimate of drug-likeness (QED) is 0.840. The number of aryl methyl sites for hydroxylation is 1. The average molecular weight is 267 g/mol. The molecule has 20 heavy (non-hydrogen) atoms. The molecule has 1 saturated carbocycles. The van der Waals surface area contributed by atoms with Crippen molar-refractivity contribution in [3.05, 3.63) is 53.2 Å². The lowest BCUT2D eigenvalue weighted by molar-refractivity contribution is 0.102. The van der Waals surface area contributed by atoms with Gasteiger partial charge in [0.1, 0.15) is 5.82 Å². The molecule has 0 aliphatic heterocycles. The highest BCUT2D eigenvalue weighted by Crippen LogP contribution is 2.40. The minimum Gasteiger partial charge on any atom is -0.398 e. The van der Waals surface area contributed by atoms with E-state index < -0.39 is 0 Å². The Morgan fingerprint density at radius 3 is 2.70 bits per heavy atom. The number of nitrogens with one attached hydrogen (secondary N) is 1. The molecule has 0 saturated heterocycles. The highest BCUT2D eigenvalue weighted by molar-refractivity contribution is 6.07. The highest BCUT2D eigenvalue weighted by Gasteiger charge is 2.27. The maximum absolute atomic E-state index is 12.2. The van der Waals surface area contributed by atoms with Crippen LogP contribution < -0.4 is 11.1 Å². The summed E-state index contributed by atoms with van der Waals surface area (Å²) in [4.78, 5) is 16.7. The number of hydrogen-bond donors (Lipinski definition) is 2. The second-order valence-corrected chi connectivity index (χ2v) is 5.21. The van der Waals surface area contributed by atoms with Crippen molar-refractivity contribution >= 4 is 17.4 Å². The summed E-state index contributed by atoms with van der Waals surface area (Å²) in [7, 11) is 0. The van der Waals surface area contributed by atoms with E-state index in [0.717, 1.165) is 5.69 Å². The Morgan fingerprint density at radius 2 is 2.00 bits per heavy atom. The third-order valence-corrected chi connectivity index (χ3v) is 3.55. The summed E-state index contributed by atoms with van der Waals surface area (Å²) in [6.07, 6.45) is 2.38. The monoisotopic (exact) mass is 267 g/mol. The van der Waals surface area contributed by atoms with Crippen LogP contribution in [0.1, 0.15) is 40.4 Å². The predicted molar refractivity (Wildman–Crippen MR) is 79.8 cm³/mol. The van der Waals surface area contributed by atoms with Gasteiger partial charge in [-0.05, 0) is 43.5 Å². The number of rotatable bonds is 3. The van der Waals surface area contributed by atoms with E-state index in [-0.39, 0.29) is 5.91 Å². The van der Waals surface area contributed by atoms with Gasteiger partial charge in [-0.3, -0.25) is 4.79 Å². The molecule has 0 unspecified atom stereocenters. The number of para-hydroxylation sites is 1. The molecule has 2 aromatic rings. The number of amides is 1. The maximum atomic E-state index is 12.2. The molecule has 0 spiro atoms. The van der Waals surface area contributed by atoms with Crippen LogP contribution in [0.3, 0.4) is 0 Å². The van der Waals surface area contributed by atoms with E-state index in [2.05, 4.69) is 17.2 Å². The second kappa shape index (κ2) is 4.96. The van der Waals surface area contributed by atoms with Crippen molar-refractivity contribution < 1.29 is 4.79 Å². The van der Waals surface area contributed by atoms with Crippen LogP contribution in [0.25, 0.3) is 0 Å². The molecule has 4 nitrogen and oxygen atoms in total. The van der Waals surface area contributed by atoms with Gasteiger partial charge >= 0.3 is 0 Å². The summed E-state index contributed by atoms with van der Waals surface area (Å²) in [5, 5.41) is 2.82. The minimum atomic E-state index is -0.221. The summed E-state index contributed by atoms with van der Waals surface area (Å²) in [5.41, 5.74) is 9.04. The Hall–Kier alpha value is -2.36. The summed E-state index contributed by atoms with van der Waals surface area (Å²) in [6, 6.07) is 10.9. The van der Waals surface area contributed by atoms with E-state index in [4.69, 9.17) is 5.73 Å². The topological polar surface area (TPSA) is 68.0 Å². The molecular formula is C16H17N3O. The first-order valence-corrected chi connectivity index (χ1v) is 6.78. The number of pyridine rings is 1. The number of nitrogens with zero attached hydrogens (tertiary/aromatic N) is 1. The number of anilines is 2. The zero-order valence-electron chi connectivity index (χ0n) is 11.4. The van der Waals surface area contributed by atoms with E-state index in [1.165, 1.54) is 18.4 Å². The average Bonchev–Trinajstić information content (AvgIpc) is 3.26. The molecule has 0 atom stereocenters. The van der Waals surface area contributed by atoms with Gasteiger partial charge in [-0.15, -0.1) is 0 Å². The van der Waals surface area contributed by atoms with Crippen LogP contribution in [-0.4, -0.2) is 10.9 Å². The van der Waals surface area contributed by atoms with Crippen LogP contribution >= 0.6 is 0 Å². The van der Waals surface area contributed by atoms with Gasteiger partial charge in [-0.1, -0.05) is 18.2 Å². The molecule has 1 fully saturated rings. The maximum Gasteiger partial charge on any atom is 0.258 e. The van der Waals surface area contributed by atoms with Crippen molar-refractivity contribution in [2.24, 2.45) is 0 Å². The molecule has 1 aromatic carbocycles. The Balaban J connectivity index is 1.83. The summed E-state index contributed by atoms with van der Waals surface area (Å²) < 4.78 is 0. The third-order valence-electron chi connectivity index (χ3n) is 3.55. The van der Waals surface area contributed by atoms with Crippen molar-refractivity contribution in [2.75, 3.05) is 11.1 Å². The number of benzene rings is 1. The number of hydrogen-bond acceptors (Lipinski definition) is 3. The van der Waals surface area contributed by atoms with Gasteiger partial charge in [0.05, 0.1) is 5.56 Å². The number of nitrogen functional groups attached to an aromatic ring is 1. The molecule has 4 heteroatoms. The molecule has 3 rings (SSSR count). The number of nitrogens with two attached hydrogens (primary N) is 1. The second-order valence-electron chi connectivity index (χ2n) is 5.21. The van der Waals surface area contributed by atoms with E-state index in [9.17, 15) is 4.79 Å². The van der Waals surface area contributed by atoms with Gasteiger partial charge in [-0.25, -0.2) is 4.98 Å². The van der Waals surface area contributed by atoms with E-state index in [0.29, 0.717) is 23.0 Å². The van der Waals surface area contributed by atoms with Crippen LogP contribution in [-0.2, 0) is 0 Å². The fraction of sp³-hybridized carbons (Fsp3) is 0.250. The number of carbonyl (C=O) groups excluding carboxylic acids is 1. The van der Waals surface area contributed by atoms with Crippen LogP contribution in [0, 0.1) is 6.92 Å². The number of aromatic nitrogens is 1. The SMILES string of the molecule is Cc1ccc(NC(=O)c2ccccc2N)nc1C1CC1. The molecule has 1 aliphatic carbocycles. The van der Waals surface area contributed by atoms with Gasteiger partial charge in [0.2, 0.25) is 0 Å². The lowest BCUT2D eigenvalue weighted by Crippen LogP contribution is -2.15. The van der Waals surface area contributed by atoms with Crippen LogP contribution in [0.4, 0.5) is 11.5 Å². The van der Waals surface area contributed by atoms with Gasteiger partial charge in [0.15, 0.2) is 0 Å². The Bertz CT molecular complexity index is 663. The molecule has 3 N–H and O–H groups in total. The standard InChI is InChI=1S/C16H17N3O/c1-10-6-9-14(18-15(10)11-7-8-11)19-16(20)12-4-2-3-5-13(12)17/h2-6,9,11H,7-8,17H2,1H3,(H,18,19,20). The molecule has 102 valence electrons. The Labute approximate surface area is 118 Å². The van der Waals surface area contributed by atoms with Gasteiger partial charge in [-0.2, -0.15) is 0 Å². The van der Waals surface area contributed by atoms with E-state index in [1.807, 2.05) is 12.1 Å². The largest absolute Gasteiger partial charge is 0.398 e. The zero-order chi connectivity index (χ0) is 14.1. The molecule has 1 amide bonds. The fourth-order valence-corrected chi connectivity index (χ4v) is 2.27. The molecule has 0 radical (unpaired) electrons. The Kier molecular flexibility index (Phi) is 3.14. The van der Waals surface area contributed by atoms with Gasteiger partial charge < -0.3 is 11.1 Å². The first-order chi connectivity index (χ1) is 9.65. The lowest BCUT2D eigenvalue weighted by atomic mass is 10.1. The molecular weight excluding hydrogens is 250 g/mol. The molecule has 1 heterocycles. The highest BCUT2D eigenvalue weighted by atomic mass is 16.1. The molecule has 0 bridgehead atoms. The van der Waals surface area contributed by atoms with Crippen molar-refractivity contribution in [1.29, 1.82) is 0 Å². The van der Waals surface area contributed by atoms with Crippen molar-refractivity contribution in [1.82, 2.24) is 4.98 Å². The molecule has 1 aromatic heterocycles. The van der Waals surface area contributed by atoms with Gasteiger partial charge in [0, 0.05) is 17.3 Å². The predicted octanol–water partition coefficient (Wildman–Crippen LogP) is 3.10. The van der Waals surface area contributed by atoms with Crippen molar-refractivity contribution in [3.63, 3.8) is 0 Å². The third kappa shape index (κ3) is 2.50. The Morgan fingerprint density at radius 1 is 1.25 bits per heavy atom. The summed E-state index contributed by atoms with van der Waals surface area (Å²) in [5.74, 6) is 0.931. The van der Waals surface area contributed by atoms with E-state index >= 15 is 0 Å². The van der Waals surface area contributed by atoms with Crippen LogP contribution in [0.5, 0.6) is 0 Å². The summed E-state index contributed by atoms with van der Waals surface area (Å²) >= 11 is 0. The molecule has 1 aliphatic rings. The summed E-state index contributed by atoms with van der Waals surface area (Å²) in [6.45, 7) is 2.06. The van der Waals surface area contributed by atoms with Crippen molar-refractivity contribution in [2.45, 2.75) is 25.7 Å². The first kappa shape index (κ1) is 12.7. The lowest BCUT2D eigenvalue weighted by Gasteiger charge is -2.09. The smallest absolute Gasteiger partial charge is 0.258 e. The number of carbonyl (C=O) groups is 1. The van der Waals surface area contributed by atoms with E-state index in [1.54, 1.807) is 24.3 Å². The van der Waals surface area contributed by atoms with Crippen LogP contribution in [0.2, 0.25) is 0 Å². The minimum absolute atomic E-state index is 0.221. The van der Waals surface area contributed by atoms with Gasteiger partial charge in [0.25, 0.3) is 5.91 Å². The fourth-order valence-electron chi connectivity index (χ4n) is 2.27. The normalized spacial score (nSPS) is 14.1.